The van der Waals surface area contributed by atoms with E-state index in [4.69, 9.17) is 27.9 Å². The number of Topliss-reactive ketones (excluding diaryl/α,β-unsaturated/α-hetero) is 1. The summed E-state index contributed by atoms with van der Waals surface area (Å²) in [4.78, 5) is 39.6. The molecule has 0 spiro atoms. The first kappa shape index (κ1) is 24.5. The smallest absolute Gasteiger partial charge is 0.337 e. The molecule has 1 aliphatic heterocycles. The van der Waals surface area contributed by atoms with Crippen LogP contribution in [0.25, 0.3) is 5.76 Å². The highest BCUT2D eigenvalue weighted by molar-refractivity contribution is 6.46. The van der Waals surface area contributed by atoms with Crippen molar-refractivity contribution in [3.05, 3.63) is 110 Å². The van der Waals surface area contributed by atoms with Crippen molar-refractivity contribution in [2.45, 2.75) is 19.5 Å². The van der Waals surface area contributed by atoms with Gasteiger partial charge in [0.25, 0.3) is 11.7 Å². The van der Waals surface area contributed by atoms with E-state index in [9.17, 15) is 19.5 Å². The van der Waals surface area contributed by atoms with E-state index >= 15 is 0 Å². The van der Waals surface area contributed by atoms with E-state index in [2.05, 4.69) is 0 Å². The molecule has 0 radical (unpaired) electrons. The number of rotatable bonds is 5. The minimum Gasteiger partial charge on any atom is -0.507 e. The fourth-order valence-electron chi connectivity index (χ4n) is 4.12. The van der Waals surface area contributed by atoms with Crippen LogP contribution >= 0.6 is 23.2 Å². The molecule has 1 unspecified atom stereocenters. The number of ether oxygens (including phenoxy) is 1. The number of nitrogens with zero attached hydrogens (tertiary/aromatic N) is 1. The summed E-state index contributed by atoms with van der Waals surface area (Å²) >= 11 is 12.1. The molecule has 1 atom stereocenters. The second kappa shape index (κ2) is 9.94. The standard InChI is InChI=1S/C27H21Cl2NO5/c1-15-5-3-4-6-19(15)23-22(24(31)18-11-12-20(28)21(29)13-18)25(32)26(33)30(23)14-16-7-9-17(10-8-16)27(34)35-2/h3-13,23,31H,14H2,1-2H3/b24-22+. The highest BCUT2D eigenvalue weighted by atomic mass is 35.5. The molecule has 1 saturated heterocycles. The molecule has 6 nitrogen and oxygen atoms in total. The second-order valence-corrected chi connectivity index (χ2v) is 8.92. The van der Waals surface area contributed by atoms with E-state index in [1.165, 1.54) is 30.2 Å². The molecule has 8 heteroatoms. The van der Waals surface area contributed by atoms with Crippen LogP contribution in [0.5, 0.6) is 0 Å². The molecule has 1 heterocycles. The van der Waals surface area contributed by atoms with Gasteiger partial charge in [-0.05, 0) is 53.9 Å². The van der Waals surface area contributed by atoms with Crippen LogP contribution in [0.4, 0.5) is 0 Å². The Hall–Kier alpha value is -3.61. The monoisotopic (exact) mass is 509 g/mol. The van der Waals surface area contributed by atoms with Crippen LogP contribution in [0.1, 0.15) is 38.7 Å². The number of carbonyl (C=O) groups excluding carboxylic acids is 3. The number of aliphatic hydroxyl groups is 1. The van der Waals surface area contributed by atoms with E-state index in [1.807, 2.05) is 31.2 Å². The van der Waals surface area contributed by atoms with Crippen LogP contribution < -0.4 is 0 Å². The number of aryl methyl sites for hydroxylation is 1. The minimum absolute atomic E-state index is 0.0335. The maximum Gasteiger partial charge on any atom is 0.337 e. The normalized spacial score (nSPS) is 17.0. The van der Waals surface area contributed by atoms with E-state index in [0.717, 1.165) is 5.56 Å². The Labute approximate surface area is 212 Å². The van der Waals surface area contributed by atoms with Gasteiger partial charge in [-0.1, -0.05) is 59.6 Å². The molecular formula is C27H21Cl2NO5. The van der Waals surface area contributed by atoms with Crippen LogP contribution in [0.3, 0.4) is 0 Å². The number of benzene rings is 3. The average Bonchev–Trinajstić information content (AvgIpc) is 3.10. The number of aliphatic hydroxyl groups excluding tert-OH is 1. The Morgan fingerprint density at radius 2 is 1.63 bits per heavy atom. The van der Waals surface area contributed by atoms with Gasteiger partial charge in [0, 0.05) is 12.1 Å². The van der Waals surface area contributed by atoms with Gasteiger partial charge in [0.15, 0.2) is 0 Å². The Kier molecular flexibility index (Phi) is 6.96. The minimum atomic E-state index is -0.828. The van der Waals surface area contributed by atoms with Gasteiger partial charge >= 0.3 is 5.97 Å². The number of amides is 1. The van der Waals surface area contributed by atoms with Crippen LogP contribution in [-0.2, 0) is 20.9 Å². The number of esters is 1. The summed E-state index contributed by atoms with van der Waals surface area (Å²) < 4.78 is 4.73. The van der Waals surface area contributed by atoms with Gasteiger partial charge in [-0.3, -0.25) is 9.59 Å². The summed E-state index contributed by atoms with van der Waals surface area (Å²) in [6.45, 7) is 1.96. The van der Waals surface area contributed by atoms with Crippen molar-refractivity contribution in [2.75, 3.05) is 7.11 Å². The van der Waals surface area contributed by atoms with Crippen molar-refractivity contribution in [2.24, 2.45) is 0 Å². The van der Waals surface area contributed by atoms with Crippen molar-refractivity contribution >= 4 is 46.6 Å². The lowest BCUT2D eigenvalue weighted by Crippen LogP contribution is -2.29. The second-order valence-electron chi connectivity index (χ2n) is 8.10. The molecule has 3 aromatic carbocycles. The molecule has 0 aromatic heterocycles. The molecule has 1 fully saturated rings. The lowest BCUT2D eigenvalue weighted by atomic mass is 9.92. The van der Waals surface area contributed by atoms with Gasteiger partial charge in [-0.15, -0.1) is 0 Å². The van der Waals surface area contributed by atoms with Gasteiger partial charge < -0.3 is 14.7 Å². The third kappa shape index (κ3) is 4.67. The molecule has 35 heavy (non-hydrogen) atoms. The molecule has 0 saturated carbocycles. The van der Waals surface area contributed by atoms with Crippen molar-refractivity contribution in [1.82, 2.24) is 4.90 Å². The fraction of sp³-hybridized carbons (Fsp3) is 0.148. The Balaban J connectivity index is 1.82. The van der Waals surface area contributed by atoms with Crippen LogP contribution in [-0.4, -0.2) is 34.8 Å². The van der Waals surface area contributed by atoms with Gasteiger partial charge in [-0.25, -0.2) is 4.79 Å². The van der Waals surface area contributed by atoms with E-state index in [-0.39, 0.29) is 28.5 Å². The summed E-state index contributed by atoms with van der Waals surface area (Å²) in [5.41, 5.74) is 2.87. The molecule has 1 aliphatic rings. The third-order valence-corrected chi connectivity index (χ3v) is 6.68. The molecule has 178 valence electrons. The van der Waals surface area contributed by atoms with Crippen LogP contribution in [0.15, 0.2) is 72.3 Å². The van der Waals surface area contributed by atoms with Crippen molar-refractivity contribution < 1.29 is 24.2 Å². The van der Waals surface area contributed by atoms with Crippen molar-refractivity contribution in [1.29, 1.82) is 0 Å². The van der Waals surface area contributed by atoms with E-state index < -0.39 is 23.7 Å². The van der Waals surface area contributed by atoms with Gasteiger partial charge in [0.05, 0.1) is 34.3 Å². The van der Waals surface area contributed by atoms with E-state index in [0.29, 0.717) is 21.7 Å². The predicted molar refractivity (Wildman–Crippen MR) is 133 cm³/mol. The lowest BCUT2D eigenvalue weighted by Gasteiger charge is -2.26. The molecule has 0 aliphatic carbocycles. The molecule has 0 bridgehead atoms. The highest BCUT2D eigenvalue weighted by Crippen LogP contribution is 2.41. The zero-order valence-corrected chi connectivity index (χ0v) is 20.4. The first-order valence-electron chi connectivity index (χ1n) is 10.7. The van der Waals surface area contributed by atoms with Crippen LogP contribution in [0, 0.1) is 6.92 Å². The number of halogens is 2. The number of likely N-dealkylation sites (tertiary alicyclic amines) is 1. The number of hydrogen-bond donors (Lipinski definition) is 1. The topological polar surface area (TPSA) is 83.9 Å². The third-order valence-electron chi connectivity index (χ3n) is 5.94. The Morgan fingerprint density at radius 3 is 2.26 bits per heavy atom. The first-order valence-corrected chi connectivity index (χ1v) is 11.4. The summed E-state index contributed by atoms with van der Waals surface area (Å²) in [6.07, 6.45) is 0. The fourth-order valence-corrected chi connectivity index (χ4v) is 4.42. The maximum atomic E-state index is 13.2. The zero-order chi connectivity index (χ0) is 25.3. The maximum absolute atomic E-state index is 13.2. The quantitative estimate of drug-likeness (QED) is 0.206. The largest absolute Gasteiger partial charge is 0.507 e. The molecular weight excluding hydrogens is 489 g/mol. The summed E-state index contributed by atoms with van der Waals surface area (Å²) in [7, 11) is 1.30. The zero-order valence-electron chi connectivity index (χ0n) is 18.9. The summed E-state index contributed by atoms with van der Waals surface area (Å²) in [5, 5.41) is 11.7. The van der Waals surface area contributed by atoms with Crippen molar-refractivity contribution in [3.63, 3.8) is 0 Å². The number of methoxy groups -OCH3 is 1. The summed E-state index contributed by atoms with van der Waals surface area (Å²) in [6, 6.07) is 17.6. The first-order chi connectivity index (χ1) is 16.7. The molecule has 3 aromatic rings. The Bertz CT molecular complexity index is 1360. The SMILES string of the molecule is COC(=O)c1ccc(CN2C(=O)C(=O)/C(=C(/O)c3ccc(Cl)c(Cl)c3)C2c2ccccc2C)cc1. The van der Waals surface area contributed by atoms with Crippen molar-refractivity contribution in [3.8, 4) is 0 Å². The average molecular weight is 510 g/mol. The number of carbonyl (C=O) groups is 3. The van der Waals surface area contributed by atoms with Gasteiger partial charge in [-0.2, -0.15) is 0 Å². The predicted octanol–water partition coefficient (Wildman–Crippen LogP) is 5.71. The number of ketones is 1. The van der Waals surface area contributed by atoms with E-state index in [1.54, 1.807) is 24.3 Å². The Morgan fingerprint density at radius 1 is 0.971 bits per heavy atom. The van der Waals surface area contributed by atoms with Crippen LogP contribution in [0.2, 0.25) is 10.0 Å². The lowest BCUT2D eigenvalue weighted by molar-refractivity contribution is -0.140. The molecule has 1 amide bonds. The summed E-state index contributed by atoms with van der Waals surface area (Å²) in [5.74, 6) is -2.35. The highest BCUT2D eigenvalue weighted by Gasteiger charge is 2.46. The number of hydrogen-bond acceptors (Lipinski definition) is 5. The van der Waals surface area contributed by atoms with Gasteiger partial charge in [0.1, 0.15) is 5.76 Å². The van der Waals surface area contributed by atoms with Gasteiger partial charge in [0.2, 0.25) is 0 Å². The molecule has 4 rings (SSSR count). The molecule has 1 N–H and O–H groups in total.